The lowest BCUT2D eigenvalue weighted by Crippen LogP contribution is -2.00. The zero-order valence-corrected chi connectivity index (χ0v) is 11.5. The minimum atomic E-state index is -0.325. The lowest BCUT2D eigenvalue weighted by molar-refractivity contribution is 0.626. The third-order valence-electron chi connectivity index (χ3n) is 2.65. The zero-order chi connectivity index (χ0) is 14.1. The first-order valence-electron chi connectivity index (χ1n) is 5.64. The molecule has 3 rings (SSSR count). The second-order valence-electron chi connectivity index (χ2n) is 3.94. The van der Waals surface area contributed by atoms with Crippen molar-refractivity contribution in [1.82, 2.24) is 19.5 Å². The van der Waals surface area contributed by atoms with E-state index in [9.17, 15) is 4.39 Å². The van der Waals surface area contributed by atoms with Crippen molar-refractivity contribution in [2.24, 2.45) is 0 Å². The van der Waals surface area contributed by atoms with Crippen LogP contribution in [-0.2, 0) is 0 Å². The van der Waals surface area contributed by atoms with Crippen LogP contribution in [0.25, 0.3) is 17.2 Å². The van der Waals surface area contributed by atoms with Gasteiger partial charge in [-0.15, -0.1) is 0 Å². The molecule has 100 valence electrons. The number of nitrogens with zero attached hydrogens (tertiary/aromatic N) is 4. The smallest absolute Gasteiger partial charge is 0.227 e. The Morgan fingerprint density at radius 2 is 1.70 bits per heavy atom. The average Bonchev–Trinajstić information content (AvgIpc) is 2.86. The van der Waals surface area contributed by atoms with Crippen molar-refractivity contribution < 1.29 is 4.39 Å². The van der Waals surface area contributed by atoms with E-state index in [1.54, 1.807) is 35.0 Å². The van der Waals surface area contributed by atoms with Crippen LogP contribution in [0.1, 0.15) is 0 Å². The van der Waals surface area contributed by atoms with Gasteiger partial charge in [-0.3, -0.25) is 0 Å². The number of aromatic nitrogens is 4. The molecule has 0 amide bonds. The summed E-state index contributed by atoms with van der Waals surface area (Å²) in [5, 5.41) is 0.0129. The number of hydrogen-bond acceptors (Lipinski definition) is 3. The van der Waals surface area contributed by atoms with Gasteiger partial charge in [-0.05, 0) is 53.5 Å². The quantitative estimate of drug-likeness (QED) is 0.723. The van der Waals surface area contributed by atoms with Gasteiger partial charge < -0.3 is 4.57 Å². The Morgan fingerprint density at radius 1 is 0.950 bits per heavy atom. The molecule has 0 radical (unpaired) electrons. The SMILES string of the molecule is Fc1cccc(-n2cccc2-c2nc(Cl)nc(Cl)n2)c1. The molecule has 0 N–H and O–H groups in total. The van der Waals surface area contributed by atoms with E-state index in [2.05, 4.69) is 15.0 Å². The van der Waals surface area contributed by atoms with Gasteiger partial charge in [-0.2, -0.15) is 15.0 Å². The standard InChI is InChI=1S/C13H7Cl2FN4/c14-12-17-11(18-13(15)19-12)10-5-2-6-20(10)9-4-1-3-8(16)7-9/h1-7H. The van der Waals surface area contributed by atoms with Gasteiger partial charge >= 0.3 is 0 Å². The van der Waals surface area contributed by atoms with Crippen LogP contribution in [0.2, 0.25) is 10.6 Å². The van der Waals surface area contributed by atoms with Gasteiger partial charge in [0.25, 0.3) is 0 Å². The Kier molecular flexibility index (Phi) is 3.38. The van der Waals surface area contributed by atoms with Crippen LogP contribution in [0.15, 0.2) is 42.6 Å². The molecule has 0 saturated carbocycles. The first-order valence-corrected chi connectivity index (χ1v) is 6.40. The molecule has 7 heteroatoms. The molecule has 3 aromatic rings. The molecule has 0 atom stereocenters. The highest BCUT2D eigenvalue weighted by Crippen LogP contribution is 2.23. The Morgan fingerprint density at radius 3 is 2.40 bits per heavy atom. The van der Waals surface area contributed by atoms with Crippen molar-refractivity contribution >= 4 is 23.2 Å². The molecule has 0 fully saturated rings. The summed E-state index contributed by atoms with van der Waals surface area (Å²) >= 11 is 11.5. The fraction of sp³-hybridized carbons (Fsp3) is 0. The third kappa shape index (κ3) is 2.50. The first kappa shape index (κ1) is 13.0. The predicted octanol–water partition coefficient (Wildman–Crippen LogP) is 3.78. The molecule has 2 heterocycles. The van der Waals surface area contributed by atoms with Gasteiger partial charge in [0, 0.05) is 11.9 Å². The van der Waals surface area contributed by atoms with E-state index in [1.807, 2.05) is 0 Å². The second kappa shape index (κ2) is 5.19. The van der Waals surface area contributed by atoms with Crippen molar-refractivity contribution in [3.05, 3.63) is 59.0 Å². The van der Waals surface area contributed by atoms with E-state index in [-0.39, 0.29) is 16.4 Å². The molecule has 0 aliphatic rings. The van der Waals surface area contributed by atoms with Crippen molar-refractivity contribution in [3.63, 3.8) is 0 Å². The fourth-order valence-electron chi connectivity index (χ4n) is 1.85. The Balaban J connectivity index is 2.15. The topological polar surface area (TPSA) is 43.6 Å². The maximum atomic E-state index is 13.3. The summed E-state index contributed by atoms with van der Waals surface area (Å²) in [5.41, 5.74) is 1.29. The Bertz CT molecular complexity index is 752. The van der Waals surface area contributed by atoms with Crippen molar-refractivity contribution in [2.75, 3.05) is 0 Å². The Labute approximate surface area is 123 Å². The summed E-state index contributed by atoms with van der Waals surface area (Å²) in [6.07, 6.45) is 1.77. The van der Waals surface area contributed by atoms with Crippen LogP contribution >= 0.6 is 23.2 Å². The van der Waals surface area contributed by atoms with Gasteiger partial charge in [0.1, 0.15) is 5.82 Å². The molecular formula is C13H7Cl2FN4. The minimum absolute atomic E-state index is 0.00647. The number of hydrogen-bond donors (Lipinski definition) is 0. The minimum Gasteiger partial charge on any atom is -0.314 e. The molecule has 0 saturated heterocycles. The number of halogens is 3. The van der Waals surface area contributed by atoms with Crippen molar-refractivity contribution in [2.45, 2.75) is 0 Å². The summed E-state index contributed by atoms with van der Waals surface area (Å²) in [7, 11) is 0. The summed E-state index contributed by atoms with van der Waals surface area (Å²) in [6, 6.07) is 9.77. The zero-order valence-electron chi connectivity index (χ0n) is 9.96. The van der Waals surface area contributed by atoms with E-state index in [4.69, 9.17) is 23.2 Å². The summed E-state index contributed by atoms with van der Waals surface area (Å²) in [4.78, 5) is 11.8. The molecule has 0 aliphatic carbocycles. The molecular weight excluding hydrogens is 302 g/mol. The first-order chi connectivity index (χ1) is 9.63. The van der Waals surface area contributed by atoms with E-state index >= 15 is 0 Å². The molecule has 4 nitrogen and oxygen atoms in total. The van der Waals surface area contributed by atoms with Gasteiger partial charge in [0.15, 0.2) is 5.82 Å². The Hall–Kier alpha value is -1.98. The van der Waals surface area contributed by atoms with Crippen molar-refractivity contribution in [3.8, 4) is 17.2 Å². The maximum Gasteiger partial charge on any atom is 0.227 e. The van der Waals surface area contributed by atoms with Crippen LogP contribution < -0.4 is 0 Å². The summed E-state index contributed by atoms with van der Waals surface area (Å²) in [5.74, 6) is -0.00174. The van der Waals surface area contributed by atoms with Crippen molar-refractivity contribution in [1.29, 1.82) is 0 Å². The predicted molar refractivity (Wildman–Crippen MR) is 74.6 cm³/mol. The van der Waals surface area contributed by atoms with Crippen LogP contribution in [0.5, 0.6) is 0 Å². The summed E-state index contributed by atoms with van der Waals surface area (Å²) in [6.45, 7) is 0. The maximum absolute atomic E-state index is 13.3. The third-order valence-corrected chi connectivity index (χ3v) is 2.98. The highest BCUT2D eigenvalue weighted by molar-refractivity contribution is 6.31. The molecule has 0 aliphatic heterocycles. The molecule has 0 unspecified atom stereocenters. The average molecular weight is 309 g/mol. The van der Waals surface area contributed by atoms with E-state index in [0.717, 1.165) is 0 Å². The molecule has 0 spiro atoms. The monoisotopic (exact) mass is 308 g/mol. The lowest BCUT2D eigenvalue weighted by atomic mass is 10.3. The van der Waals surface area contributed by atoms with Gasteiger partial charge in [0.2, 0.25) is 10.6 Å². The highest BCUT2D eigenvalue weighted by atomic mass is 35.5. The van der Waals surface area contributed by atoms with E-state index in [1.165, 1.54) is 12.1 Å². The van der Waals surface area contributed by atoms with Gasteiger partial charge in [0.05, 0.1) is 5.69 Å². The number of rotatable bonds is 2. The fourth-order valence-corrected chi connectivity index (χ4v) is 2.22. The van der Waals surface area contributed by atoms with E-state index in [0.29, 0.717) is 17.2 Å². The molecule has 20 heavy (non-hydrogen) atoms. The normalized spacial score (nSPS) is 10.8. The molecule has 2 aromatic heterocycles. The summed E-state index contributed by atoms with van der Waals surface area (Å²) < 4.78 is 15.1. The lowest BCUT2D eigenvalue weighted by Gasteiger charge is -2.08. The molecule has 0 bridgehead atoms. The van der Waals surface area contributed by atoms with Crippen LogP contribution in [0.4, 0.5) is 4.39 Å². The van der Waals surface area contributed by atoms with Crippen LogP contribution in [0.3, 0.4) is 0 Å². The van der Waals surface area contributed by atoms with Gasteiger partial charge in [-0.1, -0.05) is 6.07 Å². The largest absolute Gasteiger partial charge is 0.314 e. The van der Waals surface area contributed by atoms with Crippen LogP contribution in [0, 0.1) is 5.82 Å². The van der Waals surface area contributed by atoms with Gasteiger partial charge in [-0.25, -0.2) is 4.39 Å². The highest BCUT2D eigenvalue weighted by Gasteiger charge is 2.11. The number of benzene rings is 1. The van der Waals surface area contributed by atoms with E-state index < -0.39 is 0 Å². The van der Waals surface area contributed by atoms with Crippen LogP contribution in [-0.4, -0.2) is 19.5 Å². The second-order valence-corrected chi connectivity index (χ2v) is 4.62. The molecule has 1 aromatic carbocycles.